The van der Waals surface area contributed by atoms with E-state index in [9.17, 15) is 14.0 Å². The lowest BCUT2D eigenvalue weighted by Crippen LogP contribution is -2.44. The van der Waals surface area contributed by atoms with Crippen molar-refractivity contribution in [3.63, 3.8) is 0 Å². The third-order valence-corrected chi connectivity index (χ3v) is 7.01. The molecule has 8 heteroatoms. The second-order valence-corrected chi connectivity index (χ2v) is 9.50. The standard InChI is InChI=1S/C26H23FN2O3S2/c1-32-21-11-9-18(10-12-21)17-28-26(31)25(23-8-4-14-34-23)29(20-6-2-5-19(27)15-20)24(30)16-22-7-3-13-33-22/h2-15,25H,16-17H2,1H3,(H,28,31)/t25-/m1/s1. The van der Waals surface area contributed by atoms with E-state index in [1.807, 2.05) is 59.3 Å². The van der Waals surface area contributed by atoms with E-state index in [4.69, 9.17) is 4.74 Å². The number of thiophene rings is 2. The molecule has 1 atom stereocenters. The normalized spacial score (nSPS) is 11.6. The number of nitrogens with one attached hydrogen (secondary N) is 1. The number of rotatable bonds is 9. The van der Waals surface area contributed by atoms with Crippen molar-refractivity contribution in [2.45, 2.75) is 19.0 Å². The van der Waals surface area contributed by atoms with Crippen LogP contribution in [0.2, 0.25) is 0 Å². The Labute approximate surface area is 205 Å². The highest BCUT2D eigenvalue weighted by molar-refractivity contribution is 7.10. The molecule has 34 heavy (non-hydrogen) atoms. The third kappa shape index (κ3) is 5.70. The summed E-state index contributed by atoms with van der Waals surface area (Å²) in [6, 6.07) is 19.6. The molecule has 2 heterocycles. The molecule has 0 aliphatic carbocycles. The molecule has 0 unspecified atom stereocenters. The van der Waals surface area contributed by atoms with E-state index in [1.54, 1.807) is 13.2 Å². The van der Waals surface area contributed by atoms with Crippen molar-refractivity contribution >= 4 is 40.2 Å². The highest BCUT2D eigenvalue weighted by Crippen LogP contribution is 2.32. The Morgan fingerprint density at radius 3 is 2.41 bits per heavy atom. The molecule has 0 saturated heterocycles. The quantitative estimate of drug-likeness (QED) is 0.330. The summed E-state index contributed by atoms with van der Waals surface area (Å²) in [7, 11) is 1.59. The van der Waals surface area contributed by atoms with E-state index >= 15 is 0 Å². The van der Waals surface area contributed by atoms with Gasteiger partial charge in [-0.3, -0.25) is 14.5 Å². The van der Waals surface area contributed by atoms with Gasteiger partial charge in [-0.2, -0.15) is 0 Å². The minimum absolute atomic E-state index is 0.113. The Kier molecular flexibility index (Phi) is 7.72. The first-order chi connectivity index (χ1) is 16.5. The SMILES string of the molecule is COc1ccc(CNC(=O)[C@@H](c2cccs2)N(C(=O)Cc2cccs2)c2cccc(F)c2)cc1. The molecule has 5 nitrogen and oxygen atoms in total. The van der Waals surface area contributed by atoms with Gasteiger partial charge in [0, 0.05) is 22.0 Å². The Bertz CT molecular complexity index is 1230. The van der Waals surface area contributed by atoms with Crippen LogP contribution in [0.15, 0.2) is 83.6 Å². The third-order valence-electron chi connectivity index (χ3n) is 5.21. The monoisotopic (exact) mass is 494 g/mol. The summed E-state index contributed by atoms with van der Waals surface area (Å²) in [6.45, 7) is 0.279. The lowest BCUT2D eigenvalue weighted by Gasteiger charge is -2.30. The molecule has 0 bridgehead atoms. The maximum absolute atomic E-state index is 14.2. The summed E-state index contributed by atoms with van der Waals surface area (Å²) in [5.74, 6) is -0.383. The summed E-state index contributed by atoms with van der Waals surface area (Å²) in [6.07, 6.45) is 0.113. The van der Waals surface area contributed by atoms with Gasteiger partial charge in [-0.05, 0) is 58.8 Å². The van der Waals surface area contributed by atoms with E-state index in [0.717, 1.165) is 16.2 Å². The van der Waals surface area contributed by atoms with Gasteiger partial charge in [-0.15, -0.1) is 22.7 Å². The Hall–Kier alpha value is -3.49. The van der Waals surface area contributed by atoms with Gasteiger partial charge in [0.1, 0.15) is 17.6 Å². The van der Waals surface area contributed by atoms with Crippen molar-refractivity contribution in [1.82, 2.24) is 5.32 Å². The van der Waals surface area contributed by atoms with E-state index in [0.29, 0.717) is 10.6 Å². The first-order valence-corrected chi connectivity index (χ1v) is 12.3. The molecule has 0 saturated carbocycles. The van der Waals surface area contributed by atoms with Gasteiger partial charge in [0.15, 0.2) is 0 Å². The number of amides is 2. The first-order valence-electron chi connectivity index (χ1n) is 10.6. The fourth-order valence-electron chi connectivity index (χ4n) is 3.56. The van der Waals surface area contributed by atoms with Crippen LogP contribution in [0.4, 0.5) is 10.1 Å². The van der Waals surface area contributed by atoms with Gasteiger partial charge in [-0.25, -0.2) is 4.39 Å². The molecular weight excluding hydrogens is 471 g/mol. The number of ether oxygens (including phenoxy) is 1. The zero-order valence-electron chi connectivity index (χ0n) is 18.4. The maximum atomic E-state index is 14.2. The average molecular weight is 495 g/mol. The van der Waals surface area contributed by atoms with Crippen LogP contribution >= 0.6 is 22.7 Å². The van der Waals surface area contributed by atoms with Crippen LogP contribution in [0.5, 0.6) is 5.75 Å². The summed E-state index contributed by atoms with van der Waals surface area (Å²) in [5, 5.41) is 6.70. The van der Waals surface area contributed by atoms with Crippen LogP contribution < -0.4 is 15.0 Å². The Balaban J connectivity index is 1.65. The molecule has 4 rings (SSSR count). The Morgan fingerprint density at radius 1 is 1.00 bits per heavy atom. The molecule has 0 aliphatic rings. The molecule has 4 aromatic rings. The highest BCUT2D eigenvalue weighted by Gasteiger charge is 2.33. The molecule has 0 fully saturated rings. The van der Waals surface area contributed by atoms with E-state index in [-0.39, 0.29) is 24.8 Å². The van der Waals surface area contributed by atoms with E-state index in [2.05, 4.69) is 5.32 Å². The van der Waals surface area contributed by atoms with E-state index < -0.39 is 11.9 Å². The minimum Gasteiger partial charge on any atom is -0.497 e. The smallest absolute Gasteiger partial charge is 0.248 e. The second-order valence-electron chi connectivity index (χ2n) is 7.48. The number of nitrogens with zero attached hydrogens (tertiary/aromatic N) is 1. The van der Waals surface area contributed by atoms with Crippen molar-refractivity contribution in [3.8, 4) is 5.75 Å². The topological polar surface area (TPSA) is 58.6 Å². The number of carbonyl (C=O) groups excluding carboxylic acids is 2. The lowest BCUT2D eigenvalue weighted by atomic mass is 10.1. The van der Waals surface area contributed by atoms with Crippen LogP contribution in [0.3, 0.4) is 0 Å². The summed E-state index contributed by atoms with van der Waals surface area (Å²) < 4.78 is 19.3. The number of carbonyl (C=O) groups is 2. The van der Waals surface area contributed by atoms with E-state index in [1.165, 1.54) is 45.8 Å². The van der Waals surface area contributed by atoms with Gasteiger partial charge in [0.2, 0.25) is 11.8 Å². The van der Waals surface area contributed by atoms with Crippen molar-refractivity contribution in [1.29, 1.82) is 0 Å². The number of methoxy groups -OCH3 is 1. The molecule has 0 radical (unpaired) electrons. The van der Waals surface area contributed by atoms with Crippen LogP contribution in [-0.2, 0) is 22.6 Å². The maximum Gasteiger partial charge on any atom is 0.248 e. The molecule has 174 valence electrons. The fourth-order valence-corrected chi connectivity index (χ4v) is 5.07. The number of halogens is 1. The van der Waals surface area contributed by atoms with Gasteiger partial charge in [0.25, 0.3) is 0 Å². The average Bonchev–Trinajstić information content (AvgIpc) is 3.56. The van der Waals surface area contributed by atoms with Gasteiger partial charge >= 0.3 is 0 Å². The van der Waals surface area contributed by atoms with Crippen molar-refractivity contribution < 1.29 is 18.7 Å². The van der Waals surface area contributed by atoms with Gasteiger partial charge in [0.05, 0.1) is 13.5 Å². The van der Waals surface area contributed by atoms with Gasteiger partial charge in [-0.1, -0.05) is 30.3 Å². The molecule has 2 aromatic heterocycles. The van der Waals surface area contributed by atoms with Crippen LogP contribution in [0, 0.1) is 5.82 Å². The number of benzene rings is 2. The Morgan fingerprint density at radius 2 is 1.76 bits per heavy atom. The lowest BCUT2D eigenvalue weighted by molar-refractivity contribution is -0.126. The molecule has 1 N–H and O–H groups in total. The summed E-state index contributed by atoms with van der Waals surface area (Å²) in [5.41, 5.74) is 1.22. The molecule has 2 aromatic carbocycles. The predicted octanol–water partition coefficient (Wildman–Crippen LogP) is 5.59. The first kappa shape index (κ1) is 23.7. The van der Waals surface area contributed by atoms with Crippen molar-refractivity contribution in [2.24, 2.45) is 0 Å². The molecule has 2 amide bonds. The predicted molar refractivity (Wildman–Crippen MR) is 134 cm³/mol. The van der Waals surface area contributed by atoms with Crippen LogP contribution in [-0.4, -0.2) is 18.9 Å². The largest absolute Gasteiger partial charge is 0.497 e. The molecule has 0 spiro atoms. The number of hydrogen-bond donors (Lipinski definition) is 1. The summed E-state index contributed by atoms with van der Waals surface area (Å²) in [4.78, 5) is 30.0. The number of anilines is 1. The minimum atomic E-state index is -0.937. The van der Waals surface area contributed by atoms with Crippen LogP contribution in [0.25, 0.3) is 0 Å². The fraction of sp³-hybridized carbons (Fsp3) is 0.154. The summed E-state index contributed by atoms with van der Waals surface area (Å²) >= 11 is 2.84. The second kappa shape index (κ2) is 11.1. The van der Waals surface area contributed by atoms with Crippen molar-refractivity contribution in [2.75, 3.05) is 12.0 Å². The number of hydrogen-bond acceptors (Lipinski definition) is 5. The highest BCUT2D eigenvalue weighted by atomic mass is 32.1. The van der Waals surface area contributed by atoms with Crippen molar-refractivity contribution in [3.05, 3.63) is 105 Å². The molecule has 0 aliphatic heterocycles. The zero-order chi connectivity index (χ0) is 23.9. The molecular formula is C26H23FN2O3S2. The van der Waals surface area contributed by atoms with Crippen LogP contribution in [0.1, 0.15) is 21.4 Å². The van der Waals surface area contributed by atoms with Gasteiger partial charge < -0.3 is 10.1 Å². The zero-order valence-corrected chi connectivity index (χ0v) is 20.1.